The number of ketones is 1. The zero-order chi connectivity index (χ0) is 19.1. The van der Waals surface area contributed by atoms with Crippen molar-refractivity contribution in [2.45, 2.75) is 26.3 Å². The smallest absolute Gasteiger partial charge is 0.226 e. The molecule has 26 heavy (non-hydrogen) atoms. The summed E-state index contributed by atoms with van der Waals surface area (Å²) in [7, 11) is 1.57. The van der Waals surface area contributed by atoms with E-state index in [0.29, 0.717) is 17.0 Å². The fraction of sp³-hybridized carbons (Fsp3) is 0.250. The number of benzene rings is 2. The number of anilines is 1. The molecule has 1 atom stereocenters. The third-order valence-corrected chi connectivity index (χ3v) is 3.87. The van der Waals surface area contributed by atoms with Crippen molar-refractivity contribution in [2.24, 2.45) is 0 Å². The average Bonchev–Trinajstić information content (AvgIpc) is 2.61. The lowest BCUT2D eigenvalue weighted by atomic mass is 10.0. The fourth-order valence-electron chi connectivity index (χ4n) is 2.62. The molecule has 2 N–H and O–H groups in total. The van der Waals surface area contributed by atoms with E-state index < -0.39 is 6.04 Å². The number of methoxy groups -OCH3 is 1. The van der Waals surface area contributed by atoms with E-state index in [1.165, 1.54) is 13.8 Å². The Bertz CT molecular complexity index is 800. The summed E-state index contributed by atoms with van der Waals surface area (Å²) in [5.74, 6) is 0.0284. The summed E-state index contributed by atoms with van der Waals surface area (Å²) in [4.78, 5) is 35.7. The highest BCUT2D eigenvalue weighted by Crippen LogP contribution is 2.22. The molecule has 2 rings (SSSR count). The molecule has 0 spiro atoms. The maximum Gasteiger partial charge on any atom is 0.226 e. The van der Waals surface area contributed by atoms with Crippen LogP contribution in [-0.2, 0) is 9.59 Å². The second-order valence-corrected chi connectivity index (χ2v) is 5.88. The molecule has 0 aliphatic rings. The Hall–Kier alpha value is -3.15. The van der Waals surface area contributed by atoms with E-state index in [4.69, 9.17) is 4.74 Å². The summed E-state index contributed by atoms with van der Waals surface area (Å²) in [5, 5.41) is 5.53. The van der Waals surface area contributed by atoms with Crippen LogP contribution in [0.3, 0.4) is 0 Å². The zero-order valence-corrected chi connectivity index (χ0v) is 15.0. The van der Waals surface area contributed by atoms with Crippen LogP contribution in [0.4, 0.5) is 5.69 Å². The van der Waals surface area contributed by atoms with Gasteiger partial charge in [0, 0.05) is 12.5 Å². The van der Waals surface area contributed by atoms with Crippen molar-refractivity contribution < 1.29 is 19.1 Å². The highest BCUT2D eigenvalue weighted by Gasteiger charge is 2.18. The van der Waals surface area contributed by atoms with Gasteiger partial charge >= 0.3 is 0 Å². The van der Waals surface area contributed by atoms with Crippen molar-refractivity contribution in [3.8, 4) is 5.75 Å². The molecule has 0 heterocycles. The van der Waals surface area contributed by atoms with Gasteiger partial charge in [0.2, 0.25) is 11.8 Å². The highest BCUT2D eigenvalue weighted by molar-refractivity contribution is 6.03. The molecule has 0 fully saturated rings. The van der Waals surface area contributed by atoms with E-state index >= 15 is 0 Å². The SMILES string of the molecule is COc1ccc(C(CC(=O)Nc2ccccc2C(C)=O)NC(C)=O)cc1. The molecule has 0 aliphatic carbocycles. The number of hydrogen-bond donors (Lipinski definition) is 2. The molecule has 0 saturated carbocycles. The monoisotopic (exact) mass is 354 g/mol. The van der Waals surface area contributed by atoms with Crippen LogP contribution >= 0.6 is 0 Å². The number of hydrogen-bond acceptors (Lipinski definition) is 4. The van der Waals surface area contributed by atoms with Gasteiger partial charge in [-0.25, -0.2) is 0 Å². The van der Waals surface area contributed by atoms with Crippen molar-refractivity contribution in [2.75, 3.05) is 12.4 Å². The second kappa shape index (κ2) is 8.80. The first kappa shape index (κ1) is 19.2. The van der Waals surface area contributed by atoms with E-state index in [2.05, 4.69) is 10.6 Å². The Kier molecular flexibility index (Phi) is 6.49. The maximum atomic E-state index is 12.5. The van der Waals surface area contributed by atoms with Crippen LogP contribution in [0.5, 0.6) is 5.75 Å². The Balaban J connectivity index is 2.16. The minimum Gasteiger partial charge on any atom is -0.497 e. The van der Waals surface area contributed by atoms with Gasteiger partial charge in [0.15, 0.2) is 5.78 Å². The minimum atomic E-state index is -0.483. The summed E-state index contributed by atoms with van der Waals surface area (Å²) >= 11 is 0. The van der Waals surface area contributed by atoms with Crippen molar-refractivity contribution in [3.05, 3.63) is 59.7 Å². The molecule has 2 aromatic carbocycles. The van der Waals surface area contributed by atoms with Crippen molar-refractivity contribution >= 4 is 23.3 Å². The van der Waals surface area contributed by atoms with Crippen LogP contribution in [-0.4, -0.2) is 24.7 Å². The molecule has 0 aromatic heterocycles. The Morgan fingerprint density at radius 2 is 1.65 bits per heavy atom. The summed E-state index contributed by atoms with van der Waals surface area (Å²) in [6.07, 6.45) is 0.0398. The largest absolute Gasteiger partial charge is 0.497 e. The predicted molar refractivity (Wildman–Crippen MR) is 99.2 cm³/mol. The first-order valence-electron chi connectivity index (χ1n) is 8.21. The van der Waals surface area contributed by atoms with E-state index in [1.807, 2.05) is 0 Å². The van der Waals surface area contributed by atoms with Gasteiger partial charge in [0.05, 0.1) is 25.3 Å². The number of nitrogens with one attached hydrogen (secondary N) is 2. The third kappa shape index (κ3) is 5.17. The topological polar surface area (TPSA) is 84.5 Å². The minimum absolute atomic E-state index is 0.0398. The molecule has 0 aliphatic heterocycles. The molecule has 2 aromatic rings. The quantitative estimate of drug-likeness (QED) is 0.748. The van der Waals surface area contributed by atoms with Gasteiger partial charge in [0.25, 0.3) is 0 Å². The van der Waals surface area contributed by atoms with Crippen molar-refractivity contribution in [3.63, 3.8) is 0 Å². The molecule has 0 saturated heterocycles. The molecule has 6 nitrogen and oxygen atoms in total. The van der Waals surface area contributed by atoms with Crippen molar-refractivity contribution in [1.29, 1.82) is 0 Å². The Morgan fingerprint density at radius 1 is 1.00 bits per heavy atom. The molecular weight excluding hydrogens is 332 g/mol. The molecular formula is C20H22N2O4. The van der Waals surface area contributed by atoms with E-state index in [1.54, 1.807) is 55.6 Å². The number of carbonyl (C=O) groups is 3. The lowest BCUT2D eigenvalue weighted by Crippen LogP contribution is -2.30. The van der Waals surface area contributed by atoms with Crippen LogP contribution in [0.2, 0.25) is 0 Å². The van der Waals surface area contributed by atoms with Gasteiger partial charge in [-0.3, -0.25) is 14.4 Å². The van der Waals surface area contributed by atoms with Crippen LogP contribution in [0, 0.1) is 0 Å². The molecule has 6 heteroatoms. The second-order valence-electron chi connectivity index (χ2n) is 5.88. The number of carbonyl (C=O) groups excluding carboxylic acids is 3. The summed E-state index contributed by atoms with van der Waals surface area (Å²) in [6, 6.07) is 13.5. The van der Waals surface area contributed by atoms with Gasteiger partial charge in [-0.2, -0.15) is 0 Å². The standard InChI is InChI=1S/C20H22N2O4/c1-13(23)17-6-4-5-7-18(17)22-20(25)12-19(21-14(2)24)15-8-10-16(26-3)11-9-15/h4-11,19H,12H2,1-3H3,(H,21,24)(H,22,25). The van der Waals surface area contributed by atoms with Gasteiger partial charge in [0.1, 0.15) is 5.75 Å². The van der Waals surface area contributed by atoms with E-state index in [-0.39, 0.29) is 24.0 Å². The van der Waals surface area contributed by atoms with Crippen LogP contribution in [0.25, 0.3) is 0 Å². The van der Waals surface area contributed by atoms with Gasteiger partial charge < -0.3 is 15.4 Å². The Morgan fingerprint density at radius 3 is 2.23 bits per heavy atom. The highest BCUT2D eigenvalue weighted by atomic mass is 16.5. The first-order valence-corrected chi connectivity index (χ1v) is 8.21. The molecule has 2 amide bonds. The first-order chi connectivity index (χ1) is 12.4. The molecule has 0 radical (unpaired) electrons. The number of ether oxygens (including phenoxy) is 1. The molecule has 0 bridgehead atoms. The van der Waals surface area contributed by atoms with Crippen LogP contribution < -0.4 is 15.4 Å². The fourth-order valence-corrected chi connectivity index (χ4v) is 2.62. The zero-order valence-electron chi connectivity index (χ0n) is 15.0. The lowest BCUT2D eigenvalue weighted by molar-refractivity contribution is -0.120. The van der Waals surface area contributed by atoms with Crippen LogP contribution in [0.1, 0.15) is 42.2 Å². The van der Waals surface area contributed by atoms with E-state index in [0.717, 1.165) is 5.56 Å². The lowest BCUT2D eigenvalue weighted by Gasteiger charge is -2.19. The molecule has 1 unspecified atom stereocenters. The van der Waals surface area contributed by atoms with Gasteiger partial charge in [-0.15, -0.1) is 0 Å². The van der Waals surface area contributed by atoms with Crippen LogP contribution in [0.15, 0.2) is 48.5 Å². The predicted octanol–water partition coefficient (Wildman–Crippen LogP) is 3.10. The maximum absolute atomic E-state index is 12.5. The summed E-state index contributed by atoms with van der Waals surface area (Å²) < 4.78 is 5.13. The van der Waals surface area contributed by atoms with E-state index in [9.17, 15) is 14.4 Å². The van der Waals surface area contributed by atoms with Crippen molar-refractivity contribution in [1.82, 2.24) is 5.32 Å². The third-order valence-electron chi connectivity index (χ3n) is 3.87. The summed E-state index contributed by atoms with van der Waals surface area (Å²) in [5.41, 5.74) is 1.69. The number of rotatable bonds is 7. The van der Waals surface area contributed by atoms with Gasteiger partial charge in [-0.05, 0) is 36.8 Å². The van der Waals surface area contributed by atoms with Gasteiger partial charge in [-0.1, -0.05) is 24.3 Å². The number of para-hydroxylation sites is 1. The Labute approximate surface area is 152 Å². The average molecular weight is 354 g/mol. The molecule has 136 valence electrons. The number of Topliss-reactive ketones (excluding diaryl/α,β-unsaturated/α-hetero) is 1. The normalized spacial score (nSPS) is 11.3. The summed E-state index contributed by atoms with van der Waals surface area (Å²) in [6.45, 7) is 2.85. The number of amides is 2.